The molecular formula is C12H12N4O4. The number of nitrogens with zero attached hydrogens (tertiary/aromatic N) is 4. The molecule has 1 N–H and O–H groups in total. The number of anilines is 1. The van der Waals surface area contributed by atoms with Crippen molar-refractivity contribution in [2.75, 3.05) is 31.1 Å². The van der Waals surface area contributed by atoms with E-state index in [1.54, 1.807) is 12.1 Å². The summed E-state index contributed by atoms with van der Waals surface area (Å²) in [5.41, 5.74) is 0.411. The van der Waals surface area contributed by atoms with Crippen LogP contribution in [0.4, 0.5) is 16.2 Å². The quantitative estimate of drug-likeness (QED) is 0.643. The number of hydrogen-bond acceptors (Lipinski definition) is 5. The molecule has 20 heavy (non-hydrogen) atoms. The minimum absolute atomic E-state index is 0.0166. The van der Waals surface area contributed by atoms with Crippen molar-refractivity contribution in [1.82, 2.24) is 4.90 Å². The fraction of sp³-hybridized carbons (Fsp3) is 0.333. The predicted octanol–water partition coefficient (Wildman–Crippen LogP) is 1.27. The Kier molecular flexibility index (Phi) is 3.70. The van der Waals surface area contributed by atoms with Crippen molar-refractivity contribution in [3.05, 3.63) is 33.9 Å². The number of hydrogen-bond donors (Lipinski definition) is 1. The minimum Gasteiger partial charge on any atom is -0.465 e. The van der Waals surface area contributed by atoms with Crippen LogP contribution < -0.4 is 4.90 Å². The standard InChI is InChI=1S/C12H12N4O4/c13-8-9-1-2-10(7-11(9)16(19)20)14-3-5-15(6-4-14)12(17)18/h1-2,7H,3-6H2,(H,17,18). The Morgan fingerprint density at radius 1 is 1.35 bits per heavy atom. The summed E-state index contributed by atoms with van der Waals surface area (Å²) in [4.78, 5) is 24.3. The first-order chi connectivity index (χ1) is 9.52. The number of rotatable bonds is 2. The molecule has 8 heteroatoms. The van der Waals surface area contributed by atoms with E-state index >= 15 is 0 Å². The molecule has 0 aromatic heterocycles. The first-order valence-electron chi connectivity index (χ1n) is 5.94. The molecule has 0 bridgehead atoms. The summed E-state index contributed by atoms with van der Waals surface area (Å²) in [5.74, 6) is 0. The molecule has 1 aromatic carbocycles. The maximum atomic E-state index is 10.9. The summed E-state index contributed by atoms with van der Waals surface area (Å²) in [6.07, 6.45) is -0.963. The van der Waals surface area contributed by atoms with Crippen LogP contribution in [0.25, 0.3) is 0 Å². The second-order valence-corrected chi connectivity index (χ2v) is 4.33. The number of carbonyl (C=O) groups is 1. The zero-order chi connectivity index (χ0) is 14.7. The van der Waals surface area contributed by atoms with Crippen molar-refractivity contribution < 1.29 is 14.8 Å². The lowest BCUT2D eigenvalue weighted by atomic mass is 10.1. The van der Waals surface area contributed by atoms with Crippen LogP contribution >= 0.6 is 0 Å². The largest absolute Gasteiger partial charge is 0.465 e. The van der Waals surface area contributed by atoms with Gasteiger partial charge >= 0.3 is 6.09 Å². The molecule has 1 saturated heterocycles. The van der Waals surface area contributed by atoms with Crippen molar-refractivity contribution in [2.24, 2.45) is 0 Å². The molecule has 104 valence electrons. The number of nitro groups is 1. The second kappa shape index (κ2) is 5.44. The van der Waals surface area contributed by atoms with Crippen molar-refractivity contribution in [2.45, 2.75) is 0 Å². The monoisotopic (exact) mass is 276 g/mol. The third kappa shape index (κ3) is 2.61. The highest BCUT2D eigenvalue weighted by molar-refractivity contribution is 5.66. The van der Waals surface area contributed by atoms with Gasteiger partial charge in [0.2, 0.25) is 0 Å². The third-order valence-electron chi connectivity index (χ3n) is 3.21. The second-order valence-electron chi connectivity index (χ2n) is 4.33. The van der Waals surface area contributed by atoms with Gasteiger partial charge in [0.1, 0.15) is 11.6 Å². The number of nitriles is 1. The van der Waals surface area contributed by atoms with Gasteiger partial charge < -0.3 is 14.9 Å². The average Bonchev–Trinajstić information content (AvgIpc) is 2.46. The SMILES string of the molecule is N#Cc1ccc(N2CCN(C(=O)O)CC2)cc1[N+](=O)[O-]. The molecular weight excluding hydrogens is 264 g/mol. The van der Waals surface area contributed by atoms with E-state index in [2.05, 4.69) is 0 Å². The van der Waals surface area contributed by atoms with Gasteiger partial charge in [0.05, 0.1) is 4.92 Å². The van der Waals surface area contributed by atoms with E-state index in [-0.39, 0.29) is 11.3 Å². The van der Waals surface area contributed by atoms with Crippen molar-refractivity contribution in [3.63, 3.8) is 0 Å². The molecule has 0 spiro atoms. The highest BCUT2D eigenvalue weighted by Crippen LogP contribution is 2.25. The summed E-state index contributed by atoms with van der Waals surface area (Å²) in [7, 11) is 0. The van der Waals surface area contributed by atoms with Gasteiger partial charge in [-0.25, -0.2) is 4.79 Å². The molecule has 8 nitrogen and oxygen atoms in total. The van der Waals surface area contributed by atoms with Gasteiger partial charge in [-0.2, -0.15) is 5.26 Å². The molecule has 1 heterocycles. The topological polar surface area (TPSA) is 111 Å². The van der Waals surface area contributed by atoms with E-state index in [9.17, 15) is 14.9 Å². The molecule has 0 saturated carbocycles. The Morgan fingerprint density at radius 3 is 2.50 bits per heavy atom. The highest BCUT2D eigenvalue weighted by atomic mass is 16.6. The van der Waals surface area contributed by atoms with Crippen LogP contribution in [0.3, 0.4) is 0 Å². The fourth-order valence-corrected chi connectivity index (χ4v) is 2.12. The third-order valence-corrected chi connectivity index (χ3v) is 3.21. The molecule has 1 aliphatic rings. The Hall–Kier alpha value is -2.82. The summed E-state index contributed by atoms with van der Waals surface area (Å²) < 4.78 is 0. The number of amides is 1. The smallest absolute Gasteiger partial charge is 0.407 e. The van der Waals surface area contributed by atoms with Gasteiger partial charge in [-0.15, -0.1) is 0 Å². The normalized spacial score (nSPS) is 14.8. The first-order valence-corrected chi connectivity index (χ1v) is 5.94. The predicted molar refractivity (Wildman–Crippen MR) is 69.6 cm³/mol. The summed E-state index contributed by atoms with van der Waals surface area (Å²) >= 11 is 0. The Balaban J connectivity index is 2.19. The van der Waals surface area contributed by atoms with Crippen LogP contribution in [0.1, 0.15) is 5.56 Å². The average molecular weight is 276 g/mol. The molecule has 1 amide bonds. The van der Waals surface area contributed by atoms with E-state index in [1.165, 1.54) is 17.0 Å². The molecule has 0 aliphatic carbocycles. The van der Waals surface area contributed by atoms with Gasteiger partial charge in [0, 0.05) is 37.9 Å². The summed E-state index contributed by atoms with van der Waals surface area (Å²) in [5, 5.41) is 28.6. The van der Waals surface area contributed by atoms with Gasteiger partial charge in [-0.05, 0) is 12.1 Å². The van der Waals surface area contributed by atoms with E-state index < -0.39 is 11.0 Å². The molecule has 1 fully saturated rings. The van der Waals surface area contributed by atoms with Crippen LogP contribution in [0.15, 0.2) is 18.2 Å². The number of benzene rings is 1. The van der Waals surface area contributed by atoms with E-state index in [4.69, 9.17) is 10.4 Å². The van der Waals surface area contributed by atoms with Crippen LogP contribution in [-0.2, 0) is 0 Å². The van der Waals surface area contributed by atoms with Crippen LogP contribution in [-0.4, -0.2) is 47.2 Å². The van der Waals surface area contributed by atoms with E-state index in [0.29, 0.717) is 31.9 Å². The van der Waals surface area contributed by atoms with Crippen molar-refractivity contribution in [1.29, 1.82) is 5.26 Å². The van der Waals surface area contributed by atoms with Crippen molar-refractivity contribution >= 4 is 17.5 Å². The highest BCUT2D eigenvalue weighted by Gasteiger charge is 2.22. The van der Waals surface area contributed by atoms with Crippen LogP contribution in [0, 0.1) is 21.4 Å². The van der Waals surface area contributed by atoms with Crippen molar-refractivity contribution in [3.8, 4) is 6.07 Å². The lowest BCUT2D eigenvalue weighted by Gasteiger charge is -2.34. The zero-order valence-corrected chi connectivity index (χ0v) is 10.5. The molecule has 1 aromatic rings. The van der Waals surface area contributed by atoms with Gasteiger partial charge in [0.15, 0.2) is 0 Å². The first kappa shape index (κ1) is 13.6. The Labute approximate surface area is 114 Å². The molecule has 0 atom stereocenters. The molecule has 1 aliphatic heterocycles. The lowest BCUT2D eigenvalue weighted by Crippen LogP contribution is -2.48. The maximum Gasteiger partial charge on any atom is 0.407 e. The number of nitro benzene ring substituents is 1. The summed E-state index contributed by atoms with van der Waals surface area (Å²) in [6, 6.07) is 6.19. The minimum atomic E-state index is -0.963. The van der Waals surface area contributed by atoms with Gasteiger partial charge in [0.25, 0.3) is 5.69 Å². The summed E-state index contributed by atoms with van der Waals surface area (Å²) in [6.45, 7) is 1.64. The Bertz CT molecular complexity index is 588. The van der Waals surface area contributed by atoms with Crippen LogP contribution in [0.2, 0.25) is 0 Å². The number of piperazine rings is 1. The van der Waals surface area contributed by atoms with Crippen LogP contribution in [0.5, 0.6) is 0 Å². The van der Waals surface area contributed by atoms with Gasteiger partial charge in [-0.1, -0.05) is 0 Å². The Morgan fingerprint density at radius 2 is 2.00 bits per heavy atom. The molecule has 0 unspecified atom stereocenters. The molecule has 2 rings (SSSR count). The van der Waals surface area contributed by atoms with E-state index in [1.807, 2.05) is 4.90 Å². The van der Waals surface area contributed by atoms with E-state index in [0.717, 1.165) is 0 Å². The fourth-order valence-electron chi connectivity index (χ4n) is 2.12. The number of carboxylic acid groups (broad SMARTS) is 1. The zero-order valence-electron chi connectivity index (χ0n) is 10.5. The molecule has 0 radical (unpaired) electrons. The maximum absolute atomic E-state index is 10.9. The van der Waals surface area contributed by atoms with Gasteiger partial charge in [-0.3, -0.25) is 10.1 Å². The lowest BCUT2D eigenvalue weighted by molar-refractivity contribution is -0.385.